The van der Waals surface area contributed by atoms with Crippen LogP contribution in [-0.2, 0) is 0 Å². The highest BCUT2D eigenvalue weighted by atomic mass is 79.9. The Morgan fingerprint density at radius 3 is 2.47 bits per heavy atom. The van der Waals surface area contributed by atoms with Crippen molar-refractivity contribution < 1.29 is 4.42 Å². The summed E-state index contributed by atoms with van der Waals surface area (Å²) in [6, 6.07) is 20.2. The van der Waals surface area contributed by atoms with E-state index in [-0.39, 0.29) is 0 Å². The minimum atomic E-state index is 0.889. The van der Waals surface area contributed by atoms with Crippen LogP contribution in [0.25, 0.3) is 22.3 Å². The Kier molecular flexibility index (Phi) is 2.65. The van der Waals surface area contributed by atoms with Gasteiger partial charge in [-0.2, -0.15) is 0 Å². The van der Waals surface area contributed by atoms with E-state index in [4.69, 9.17) is 4.42 Å². The molecule has 0 aliphatic rings. The molecule has 1 aromatic heterocycles. The van der Waals surface area contributed by atoms with Crippen LogP contribution in [0.4, 0.5) is 0 Å². The van der Waals surface area contributed by atoms with Crippen LogP contribution in [0.15, 0.2) is 69.6 Å². The van der Waals surface area contributed by atoms with Crippen molar-refractivity contribution >= 4 is 26.9 Å². The van der Waals surface area contributed by atoms with Crippen molar-refractivity contribution in [3.63, 3.8) is 0 Å². The molecule has 0 aliphatic carbocycles. The number of benzene rings is 2. The van der Waals surface area contributed by atoms with E-state index < -0.39 is 0 Å². The van der Waals surface area contributed by atoms with E-state index in [2.05, 4.69) is 22.0 Å². The van der Waals surface area contributed by atoms with Gasteiger partial charge in [0.25, 0.3) is 0 Å². The maximum Gasteiger partial charge on any atom is 0.360 e. The molecule has 0 amide bonds. The molecule has 3 rings (SSSR count). The second-order valence-electron chi connectivity index (χ2n) is 3.85. The minimum Gasteiger partial charge on any atom is -0.207 e. The third kappa shape index (κ3) is 2.08. The van der Waals surface area contributed by atoms with Crippen LogP contribution in [-0.4, -0.2) is 0 Å². The molecule has 2 aromatic carbocycles. The molecule has 2 heteroatoms. The minimum absolute atomic E-state index is 0.889. The van der Waals surface area contributed by atoms with Gasteiger partial charge in [0.05, 0.1) is 10.9 Å². The Balaban J connectivity index is 2.17. The molecule has 1 nitrogen and oxygen atoms in total. The fourth-order valence-corrected chi connectivity index (χ4v) is 2.20. The average Bonchev–Trinajstić information content (AvgIpc) is 2.39. The molecule has 0 radical (unpaired) electrons. The summed E-state index contributed by atoms with van der Waals surface area (Å²) in [6.45, 7) is 0. The molecule has 0 atom stereocenters. The lowest BCUT2D eigenvalue weighted by molar-refractivity contribution is 0.620. The smallest absolute Gasteiger partial charge is 0.207 e. The zero-order valence-electron chi connectivity index (χ0n) is 9.06. The van der Waals surface area contributed by atoms with Gasteiger partial charge >= 0.3 is 11.3 Å². The molecule has 0 spiro atoms. The summed E-state index contributed by atoms with van der Waals surface area (Å²) in [5.41, 5.74) is 1.99. The first kappa shape index (κ1) is 10.5. The third-order valence-electron chi connectivity index (χ3n) is 2.66. The second kappa shape index (κ2) is 4.30. The van der Waals surface area contributed by atoms with Crippen molar-refractivity contribution in [2.45, 2.75) is 0 Å². The van der Waals surface area contributed by atoms with Crippen LogP contribution >= 0.6 is 15.9 Å². The predicted octanol–water partition coefficient (Wildman–Crippen LogP) is 5.14. The Labute approximate surface area is 108 Å². The molecular formula is C15H10BrO+. The van der Waals surface area contributed by atoms with Gasteiger partial charge in [-0.1, -0.05) is 34.1 Å². The van der Waals surface area contributed by atoms with Gasteiger partial charge in [-0.25, -0.2) is 4.42 Å². The number of rotatable bonds is 1. The Bertz CT molecular complexity index is 662. The predicted molar refractivity (Wildman–Crippen MR) is 73.8 cm³/mol. The van der Waals surface area contributed by atoms with Crippen LogP contribution in [0.2, 0.25) is 0 Å². The van der Waals surface area contributed by atoms with Crippen molar-refractivity contribution in [3.05, 3.63) is 65.1 Å². The summed E-state index contributed by atoms with van der Waals surface area (Å²) in [5.74, 6) is 0.889. The van der Waals surface area contributed by atoms with E-state index in [1.807, 2.05) is 54.6 Å². The lowest BCUT2D eigenvalue weighted by Gasteiger charge is -1.93. The van der Waals surface area contributed by atoms with Crippen LogP contribution in [0.3, 0.4) is 0 Å². The maximum absolute atomic E-state index is 5.88. The molecule has 3 aromatic rings. The molecule has 0 unspecified atom stereocenters. The van der Waals surface area contributed by atoms with E-state index in [0.717, 1.165) is 26.8 Å². The monoisotopic (exact) mass is 285 g/mol. The molecule has 82 valence electrons. The normalized spacial score (nSPS) is 10.6. The maximum atomic E-state index is 5.88. The molecule has 0 saturated carbocycles. The summed E-state index contributed by atoms with van der Waals surface area (Å²) in [7, 11) is 0. The Hall–Kier alpha value is -1.67. The van der Waals surface area contributed by atoms with Crippen LogP contribution < -0.4 is 0 Å². The lowest BCUT2D eigenvalue weighted by atomic mass is 10.1. The fourth-order valence-electron chi connectivity index (χ4n) is 1.82. The van der Waals surface area contributed by atoms with Crippen molar-refractivity contribution in [3.8, 4) is 11.3 Å². The topological polar surface area (TPSA) is 11.3 Å². The number of hydrogen-bond acceptors (Lipinski definition) is 0. The molecule has 0 bridgehead atoms. The SMILES string of the molecule is Brc1ccc2[o+]c(-c3ccccc3)ccc2c1. The number of hydrogen-bond donors (Lipinski definition) is 0. The highest BCUT2D eigenvalue weighted by Gasteiger charge is 2.13. The van der Waals surface area contributed by atoms with Gasteiger partial charge in [-0.15, -0.1) is 0 Å². The highest BCUT2D eigenvalue weighted by molar-refractivity contribution is 9.10. The van der Waals surface area contributed by atoms with E-state index in [1.165, 1.54) is 0 Å². The van der Waals surface area contributed by atoms with Gasteiger partial charge in [0, 0.05) is 16.6 Å². The van der Waals surface area contributed by atoms with Crippen molar-refractivity contribution in [1.29, 1.82) is 0 Å². The number of fused-ring (bicyclic) bond motifs is 1. The van der Waals surface area contributed by atoms with E-state index >= 15 is 0 Å². The van der Waals surface area contributed by atoms with Gasteiger partial charge in [-0.05, 0) is 30.3 Å². The largest absolute Gasteiger partial charge is 0.360 e. The van der Waals surface area contributed by atoms with Gasteiger partial charge in [0.2, 0.25) is 0 Å². The molecule has 17 heavy (non-hydrogen) atoms. The van der Waals surface area contributed by atoms with Gasteiger partial charge in [0.1, 0.15) is 0 Å². The van der Waals surface area contributed by atoms with Gasteiger partial charge < -0.3 is 0 Å². The summed E-state index contributed by atoms with van der Waals surface area (Å²) in [4.78, 5) is 0. The lowest BCUT2D eigenvalue weighted by Crippen LogP contribution is -1.78. The van der Waals surface area contributed by atoms with Crippen LogP contribution in [0.1, 0.15) is 0 Å². The Morgan fingerprint density at radius 1 is 0.824 bits per heavy atom. The first-order valence-electron chi connectivity index (χ1n) is 5.41. The van der Waals surface area contributed by atoms with Gasteiger partial charge in [-0.3, -0.25) is 0 Å². The quantitative estimate of drug-likeness (QED) is 0.563. The highest BCUT2D eigenvalue weighted by Crippen LogP contribution is 2.26. The molecule has 0 N–H and O–H groups in total. The second-order valence-corrected chi connectivity index (χ2v) is 4.76. The molecule has 0 saturated heterocycles. The molecular weight excluding hydrogens is 276 g/mol. The molecule has 1 heterocycles. The summed E-state index contributed by atoms with van der Waals surface area (Å²) in [6.07, 6.45) is 0. The zero-order chi connectivity index (χ0) is 11.7. The van der Waals surface area contributed by atoms with Gasteiger partial charge in [0.15, 0.2) is 0 Å². The fraction of sp³-hybridized carbons (Fsp3) is 0. The standard InChI is InChI=1S/C15H10BrO/c16-13-7-9-15-12(10-13)6-8-14(17-15)11-4-2-1-3-5-11/h1-10H/q+1. The van der Waals surface area contributed by atoms with Crippen LogP contribution in [0.5, 0.6) is 0 Å². The number of halogens is 1. The van der Waals surface area contributed by atoms with Crippen LogP contribution in [0, 0.1) is 0 Å². The van der Waals surface area contributed by atoms with E-state index in [9.17, 15) is 0 Å². The molecule has 0 aliphatic heterocycles. The summed E-state index contributed by atoms with van der Waals surface area (Å²) < 4.78 is 6.94. The first-order valence-corrected chi connectivity index (χ1v) is 6.20. The summed E-state index contributed by atoms with van der Waals surface area (Å²) in [5, 5.41) is 1.10. The first-order chi connectivity index (χ1) is 8.33. The average molecular weight is 286 g/mol. The van der Waals surface area contributed by atoms with Crippen molar-refractivity contribution in [2.24, 2.45) is 0 Å². The van der Waals surface area contributed by atoms with E-state index in [0.29, 0.717) is 0 Å². The van der Waals surface area contributed by atoms with E-state index in [1.54, 1.807) is 0 Å². The zero-order valence-corrected chi connectivity index (χ0v) is 10.6. The molecule has 0 fully saturated rings. The van der Waals surface area contributed by atoms with Crippen molar-refractivity contribution in [1.82, 2.24) is 0 Å². The Morgan fingerprint density at radius 2 is 1.65 bits per heavy atom. The van der Waals surface area contributed by atoms with Crippen molar-refractivity contribution in [2.75, 3.05) is 0 Å². The summed E-state index contributed by atoms with van der Waals surface area (Å²) >= 11 is 3.45. The third-order valence-corrected chi connectivity index (χ3v) is 3.16.